The molecule has 0 spiro atoms. The molecule has 27 heavy (non-hydrogen) atoms. The Morgan fingerprint density at radius 2 is 2.00 bits per heavy atom. The maximum atomic E-state index is 12.8. The number of hydrogen-bond acceptors (Lipinski definition) is 5. The number of carbonyl (C=O) groups excluding carboxylic acids is 2. The van der Waals surface area contributed by atoms with Crippen molar-refractivity contribution in [2.24, 2.45) is 0 Å². The van der Waals surface area contributed by atoms with Gasteiger partial charge in [-0.1, -0.05) is 6.07 Å². The lowest BCUT2D eigenvalue weighted by Gasteiger charge is -2.37. The van der Waals surface area contributed by atoms with Gasteiger partial charge < -0.3 is 9.80 Å². The lowest BCUT2D eigenvalue weighted by atomic mass is 10.1. The molecule has 4 rings (SSSR count). The Labute approximate surface area is 163 Å². The van der Waals surface area contributed by atoms with E-state index in [1.165, 1.54) is 0 Å². The Balaban J connectivity index is 1.32. The lowest BCUT2D eigenvalue weighted by molar-refractivity contribution is -0.133. The smallest absolute Gasteiger partial charge is 0.264 e. The summed E-state index contributed by atoms with van der Waals surface area (Å²) in [5.74, 6) is 0.316. The van der Waals surface area contributed by atoms with Crippen molar-refractivity contribution in [3.63, 3.8) is 0 Å². The van der Waals surface area contributed by atoms with Crippen molar-refractivity contribution in [3.05, 3.63) is 52.0 Å². The van der Waals surface area contributed by atoms with Gasteiger partial charge in [0, 0.05) is 56.5 Å². The fraction of sp³-hybridized carbons (Fsp3) is 0.450. The van der Waals surface area contributed by atoms with Crippen LogP contribution >= 0.6 is 11.3 Å². The van der Waals surface area contributed by atoms with Gasteiger partial charge in [0.2, 0.25) is 5.91 Å². The van der Waals surface area contributed by atoms with Crippen LogP contribution < -0.4 is 0 Å². The summed E-state index contributed by atoms with van der Waals surface area (Å²) in [6, 6.07) is 7.75. The van der Waals surface area contributed by atoms with Gasteiger partial charge in [0.1, 0.15) is 0 Å². The maximum Gasteiger partial charge on any atom is 0.264 e. The molecule has 0 bridgehead atoms. The fourth-order valence-corrected chi connectivity index (χ4v) is 4.71. The molecule has 1 atom stereocenters. The predicted molar refractivity (Wildman–Crippen MR) is 105 cm³/mol. The molecule has 7 heteroatoms. The van der Waals surface area contributed by atoms with Gasteiger partial charge >= 0.3 is 0 Å². The van der Waals surface area contributed by atoms with E-state index >= 15 is 0 Å². The number of likely N-dealkylation sites (tertiary alicyclic amines) is 1. The highest BCUT2D eigenvalue weighted by Crippen LogP contribution is 2.22. The van der Waals surface area contributed by atoms with E-state index in [1.54, 1.807) is 17.5 Å². The zero-order valence-corrected chi connectivity index (χ0v) is 16.3. The molecule has 0 aliphatic carbocycles. The van der Waals surface area contributed by atoms with Crippen LogP contribution in [0.15, 0.2) is 36.7 Å². The number of piperazine rings is 1. The number of nitrogens with zero attached hydrogens (tertiary/aromatic N) is 4. The van der Waals surface area contributed by atoms with Crippen LogP contribution in [0.1, 0.15) is 26.5 Å². The molecule has 2 aromatic rings. The normalized spacial score (nSPS) is 21.1. The lowest BCUT2D eigenvalue weighted by Crippen LogP contribution is -2.53. The van der Waals surface area contributed by atoms with E-state index in [0.717, 1.165) is 41.4 Å². The topological polar surface area (TPSA) is 56.8 Å². The third-order valence-corrected chi connectivity index (χ3v) is 6.35. The molecule has 2 amide bonds. The molecule has 2 aliphatic heterocycles. The standard InChI is InChI=1S/C20H24N4O2S/c1-15-4-5-18(27-15)20(26)23-11-9-22(10-12-23)17-6-8-24(19(17)25)14-16-3-2-7-21-13-16/h2-5,7,13,17H,6,8-12,14H2,1H3. The summed E-state index contributed by atoms with van der Waals surface area (Å²) in [4.78, 5) is 37.6. The molecule has 2 saturated heterocycles. The van der Waals surface area contributed by atoms with Crippen molar-refractivity contribution in [2.45, 2.75) is 25.9 Å². The van der Waals surface area contributed by atoms with Crippen LogP contribution in [0.3, 0.4) is 0 Å². The summed E-state index contributed by atoms with van der Waals surface area (Å²) in [7, 11) is 0. The van der Waals surface area contributed by atoms with E-state index in [-0.39, 0.29) is 17.9 Å². The van der Waals surface area contributed by atoms with Crippen molar-refractivity contribution >= 4 is 23.2 Å². The van der Waals surface area contributed by atoms with E-state index in [1.807, 2.05) is 47.2 Å². The van der Waals surface area contributed by atoms with E-state index in [4.69, 9.17) is 0 Å². The predicted octanol–water partition coefficient (Wildman–Crippen LogP) is 2.01. The molecule has 6 nitrogen and oxygen atoms in total. The Kier molecular flexibility index (Phi) is 5.22. The van der Waals surface area contributed by atoms with Gasteiger partial charge in [-0.05, 0) is 37.1 Å². The van der Waals surface area contributed by atoms with Gasteiger partial charge in [-0.3, -0.25) is 19.5 Å². The number of carbonyl (C=O) groups is 2. The minimum atomic E-state index is -0.0529. The summed E-state index contributed by atoms with van der Waals surface area (Å²) >= 11 is 1.55. The van der Waals surface area contributed by atoms with Crippen molar-refractivity contribution in [1.82, 2.24) is 19.7 Å². The SMILES string of the molecule is Cc1ccc(C(=O)N2CCN(C3CCN(Cc4cccnc4)C3=O)CC2)s1. The van der Waals surface area contributed by atoms with Gasteiger partial charge in [-0.15, -0.1) is 11.3 Å². The zero-order valence-electron chi connectivity index (χ0n) is 15.5. The third-order valence-electron chi connectivity index (χ3n) is 5.36. The monoisotopic (exact) mass is 384 g/mol. The van der Waals surface area contributed by atoms with Crippen LogP contribution in [0, 0.1) is 6.92 Å². The summed E-state index contributed by atoms with van der Waals surface area (Å²) < 4.78 is 0. The summed E-state index contributed by atoms with van der Waals surface area (Å²) in [5.41, 5.74) is 1.06. The van der Waals surface area contributed by atoms with Gasteiger partial charge in [0.05, 0.1) is 10.9 Å². The molecule has 142 valence electrons. The molecule has 0 saturated carbocycles. The Morgan fingerprint density at radius 1 is 1.19 bits per heavy atom. The number of aryl methyl sites for hydroxylation is 1. The van der Waals surface area contributed by atoms with E-state index < -0.39 is 0 Å². The molecule has 1 unspecified atom stereocenters. The number of rotatable bonds is 4. The third kappa shape index (κ3) is 3.89. The minimum absolute atomic E-state index is 0.0529. The van der Waals surface area contributed by atoms with E-state index in [2.05, 4.69) is 9.88 Å². The highest BCUT2D eigenvalue weighted by Gasteiger charge is 2.37. The summed E-state index contributed by atoms with van der Waals surface area (Å²) in [6.45, 7) is 6.30. The number of thiophene rings is 1. The van der Waals surface area contributed by atoms with Gasteiger partial charge in [-0.2, -0.15) is 0 Å². The molecule has 2 aliphatic rings. The second kappa shape index (κ2) is 7.78. The number of hydrogen-bond donors (Lipinski definition) is 0. The van der Waals surface area contributed by atoms with Crippen LogP contribution in [0.25, 0.3) is 0 Å². The number of aromatic nitrogens is 1. The Morgan fingerprint density at radius 3 is 2.67 bits per heavy atom. The van der Waals surface area contributed by atoms with Crippen LogP contribution in [-0.2, 0) is 11.3 Å². The van der Waals surface area contributed by atoms with Crippen molar-refractivity contribution in [2.75, 3.05) is 32.7 Å². The number of amides is 2. The summed E-state index contributed by atoms with van der Waals surface area (Å²) in [5, 5.41) is 0. The largest absolute Gasteiger partial charge is 0.337 e. The first-order chi connectivity index (χ1) is 13.1. The fourth-order valence-electron chi connectivity index (χ4n) is 3.87. The highest BCUT2D eigenvalue weighted by molar-refractivity contribution is 7.13. The molecule has 0 radical (unpaired) electrons. The highest BCUT2D eigenvalue weighted by atomic mass is 32.1. The first-order valence-corrected chi connectivity index (χ1v) is 10.2. The van der Waals surface area contributed by atoms with Crippen molar-refractivity contribution < 1.29 is 9.59 Å². The van der Waals surface area contributed by atoms with Crippen molar-refractivity contribution in [1.29, 1.82) is 0 Å². The maximum absolute atomic E-state index is 12.8. The van der Waals surface area contributed by atoms with Gasteiger partial charge in [0.15, 0.2) is 0 Å². The molecule has 2 aromatic heterocycles. The Hall–Kier alpha value is -2.25. The van der Waals surface area contributed by atoms with E-state index in [9.17, 15) is 9.59 Å². The average molecular weight is 385 g/mol. The van der Waals surface area contributed by atoms with Crippen LogP contribution in [0.2, 0.25) is 0 Å². The molecule has 4 heterocycles. The number of pyridine rings is 1. The average Bonchev–Trinajstić information content (AvgIpc) is 3.29. The zero-order chi connectivity index (χ0) is 18.8. The molecule has 0 N–H and O–H groups in total. The first kappa shape index (κ1) is 18.1. The van der Waals surface area contributed by atoms with Crippen LogP contribution in [0.5, 0.6) is 0 Å². The Bertz CT molecular complexity index is 814. The van der Waals surface area contributed by atoms with Crippen LogP contribution in [-0.4, -0.2) is 70.3 Å². The van der Waals surface area contributed by atoms with Gasteiger partial charge in [0.25, 0.3) is 5.91 Å². The van der Waals surface area contributed by atoms with E-state index in [0.29, 0.717) is 19.6 Å². The molecular weight excluding hydrogens is 360 g/mol. The van der Waals surface area contributed by atoms with Crippen LogP contribution in [0.4, 0.5) is 0 Å². The van der Waals surface area contributed by atoms with Crippen molar-refractivity contribution in [3.8, 4) is 0 Å². The minimum Gasteiger partial charge on any atom is -0.337 e. The summed E-state index contributed by atoms with van der Waals surface area (Å²) in [6.07, 6.45) is 4.42. The quantitative estimate of drug-likeness (QED) is 0.809. The first-order valence-electron chi connectivity index (χ1n) is 9.39. The molecule has 0 aromatic carbocycles. The van der Waals surface area contributed by atoms with Gasteiger partial charge in [-0.25, -0.2) is 0 Å². The molecule has 2 fully saturated rings. The molecular formula is C20H24N4O2S. The second-order valence-corrected chi connectivity index (χ2v) is 8.45. The second-order valence-electron chi connectivity index (χ2n) is 7.16.